The van der Waals surface area contributed by atoms with Crippen LogP contribution < -0.4 is 9.62 Å². The summed E-state index contributed by atoms with van der Waals surface area (Å²) in [5.74, 6) is 5.40. The van der Waals surface area contributed by atoms with Crippen LogP contribution >= 0.6 is 0 Å². The molecule has 152 valence electrons. The molecule has 3 rings (SSSR count). The Kier molecular flexibility index (Phi) is 5.81. The molecule has 0 unspecified atom stereocenters. The van der Waals surface area contributed by atoms with Crippen molar-refractivity contribution in [3.05, 3.63) is 59.7 Å². The predicted molar refractivity (Wildman–Crippen MR) is 98.6 cm³/mol. The largest absolute Gasteiger partial charge is 0.447 e. The molecule has 6 nitrogen and oxygen atoms in total. The fourth-order valence-corrected chi connectivity index (χ4v) is 3.46. The number of rotatable bonds is 4. The minimum Gasteiger partial charge on any atom is -0.447 e. The van der Waals surface area contributed by atoms with Crippen LogP contribution in [-0.2, 0) is 20.9 Å². The Hall–Kier alpha value is -3.03. The summed E-state index contributed by atoms with van der Waals surface area (Å²) in [5.41, 5.74) is 0.345. The zero-order valence-corrected chi connectivity index (χ0v) is 15.7. The molecule has 0 saturated carbocycles. The molecule has 10 heteroatoms. The summed E-state index contributed by atoms with van der Waals surface area (Å²) < 4.78 is 69.0. The molecule has 1 N–H and O–H groups in total. The zero-order chi connectivity index (χ0) is 21.1. The van der Waals surface area contributed by atoms with E-state index in [2.05, 4.69) is 16.6 Å². The average molecular weight is 424 g/mol. The van der Waals surface area contributed by atoms with Crippen molar-refractivity contribution >= 4 is 21.8 Å². The second-order valence-electron chi connectivity index (χ2n) is 5.96. The number of carbonyl (C=O) groups excluding carboxylic acids is 1. The third-order valence-electron chi connectivity index (χ3n) is 4.02. The van der Waals surface area contributed by atoms with Gasteiger partial charge in [-0.3, -0.25) is 4.90 Å². The van der Waals surface area contributed by atoms with E-state index in [9.17, 15) is 26.4 Å². The highest BCUT2D eigenvalue weighted by Gasteiger charge is 2.30. The topological polar surface area (TPSA) is 75.7 Å². The van der Waals surface area contributed by atoms with Gasteiger partial charge in [-0.05, 0) is 48.5 Å². The first kappa shape index (κ1) is 20.7. The highest BCUT2D eigenvalue weighted by Crippen LogP contribution is 2.29. The second kappa shape index (κ2) is 8.14. The van der Waals surface area contributed by atoms with Gasteiger partial charge in [0.1, 0.15) is 6.61 Å². The Morgan fingerprint density at radius 2 is 1.72 bits per heavy atom. The number of sulfonamides is 1. The van der Waals surface area contributed by atoms with Gasteiger partial charge in [0.05, 0.1) is 23.5 Å². The number of ether oxygens (including phenoxy) is 1. The molecule has 1 amide bonds. The summed E-state index contributed by atoms with van der Waals surface area (Å²) >= 11 is 0. The fourth-order valence-electron chi connectivity index (χ4n) is 2.54. The molecule has 0 aromatic heterocycles. The van der Waals surface area contributed by atoms with Gasteiger partial charge in [-0.2, -0.15) is 17.9 Å². The maximum Gasteiger partial charge on any atom is 0.416 e. The van der Waals surface area contributed by atoms with Crippen LogP contribution in [0, 0.1) is 11.8 Å². The van der Waals surface area contributed by atoms with Gasteiger partial charge in [-0.25, -0.2) is 13.2 Å². The molecule has 1 aliphatic heterocycles. The van der Waals surface area contributed by atoms with Gasteiger partial charge in [0.2, 0.25) is 10.0 Å². The SMILES string of the molecule is O=C1OCCN1c1ccc(C#CCNS(=O)(=O)c2ccc(C(F)(F)F)cc2)cc1. The van der Waals surface area contributed by atoms with E-state index in [-0.39, 0.29) is 11.4 Å². The van der Waals surface area contributed by atoms with E-state index in [4.69, 9.17) is 4.74 Å². The molecular formula is C19H15F3N2O4S. The van der Waals surface area contributed by atoms with E-state index >= 15 is 0 Å². The van der Waals surface area contributed by atoms with E-state index in [1.54, 1.807) is 24.3 Å². The van der Waals surface area contributed by atoms with Crippen LogP contribution in [0.15, 0.2) is 53.4 Å². The van der Waals surface area contributed by atoms with Gasteiger partial charge < -0.3 is 4.74 Å². The van der Waals surface area contributed by atoms with Crippen molar-refractivity contribution in [3.8, 4) is 11.8 Å². The zero-order valence-electron chi connectivity index (χ0n) is 14.9. The lowest BCUT2D eigenvalue weighted by Gasteiger charge is -2.11. The van der Waals surface area contributed by atoms with Crippen molar-refractivity contribution in [3.63, 3.8) is 0 Å². The number of anilines is 1. The molecule has 1 aliphatic rings. The van der Waals surface area contributed by atoms with Crippen molar-refractivity contribution in [1.29, 1.82) is 0 Å². The highest BCUT2D eigenvalue weighted by atomic mass is 32.2. The summed E-state index contributed by atoms with van der Waals surface area (Å²) in [6, 6.07) is 9.94. The van der Waals surface area contributed by atoms with Crippen LogP contribution in [-0.4, -0.2) is 34.2 Å². The minimum atomic E-state index is -4.54. The molecule has 2 aromatic rings. The number of cyclic esters (lactones) is 1. The highest BCUT2D eigenvalue weighted by molar-refractivity contribution is 7.89. The Balaban J connectivity index is 1.59. The number of amides is 1. The smallest absolute Gasteiger partial charge is 0.416 e. The van der Waals surface area contributed by atoms with Gasteiger partial charge in [0.25, 0.3) is 0 Å². The van der Waals surface area contributed by atoms with Gasteiger partial charge in [0.15, 0.2) is 0 Å². The molecule has 0 aliphatic carbocycles. The molecule has 0 spiro atoms. The Morgan fingerprint density at radius 1 is 1.07 bits per heavy atom. The van der Waals surface area contributed by atoms with Crippen LogP contribution in [0.1, 0.15) is 11.1 Å². The van der Waals surface area contributed by atoms with Crippen LogP contribution in [0.3, 0.4) is 0 Å². The summed E-state index contributed by atoms with van der Waals surface area (Å²) in [6.07, 6.45) is -4.95. The number of nitrogens with zero attached hydrogens (tertiary/aromatic N) is 1. The van der Waals surface area contributed by atoms with Crippen molar-refractivity contribution in [2.45, 2.75) is 11.1 Å². The van der Waals surface area contributed by atoms with Crippen molar-refractivity contribution in [1.82, 2.24) is 4.72 Å². The number of alkyl halides is 3. The maximum absolute atomic E-state index is 12.5. The van der Waals surface area contributed by atoms with Crippen LogP contribution in [0.4, 0.5) is 23.7 Å². The van der Waals surface area contributed by atoms with Crippen LogP contribution in [0.2, 0.25) is 0 Å². The summed E-state index contributed by atoms with van der Waals surface area (Å²) in [5, 5.41) is 0. The Labute approximate surface area is 165 Å². The second-order valence-corrected chi connectivity index (χ2v) is 7.73. The van der Waals surface area contributed by atoms with Gasteiger partial charge in [0, 0.05) is 11.3 Å². The first-order chi connectivity index (χ1) is 13.7. The first-order valence-electron chi connectivity index (χ1n) is 8.37. The summed E-state index contributed by atoms with van der Waals surface area (Å²) in [6.45, 7) is 0.582. The molecule has 1 saturated heterocycles. The quantitative estimate of drug-likeness (QED) is 0.766. The van der Waals surface area contributed by atoms with E-state index in [0.29, 0.717) is 36.5 Å². The summed E-state index contributed by atoms with van der Waals surface area (Å²) in [4.78, 5) is 12.7. The normalized spacial score (nSPS) is 14.3. The van der Waals surface area contributed by atoms with Gasteiger partial charge >= 0.3 is 12.3 Å². The molecule has 0 radical (unpaired) electrons. The van der Waals surface area contributed by atoms with Gasteiger partial charge in [-0.15, -0.1) is 0 Å². The molecule has 0 atom stereocenters. The monoisotopic (exact) mass is 424 g/mol. The molecule has 29 heavy (non-hydrogen) atoms. The summed E-state index contributed by atoms with van der Waals surface area (Å²) in [7, 11) is -3.98. The average Bonchev–Trinajstić information content (AvgIpc) is 3.11. The van der Waals surface area contributed by atoms with E-state index in [1.807, 2.05) is 0 Å². The predicted octanol–water partition coefficient (Wildman–Crippen LogP) is 2.99. The molecule has 0 bridgehead atoms. The number of benzene rings is 2. The number of hydrogen-bond acceptors (Lipinski definition) is 4. The van der Waals surface area contributed by atoms with Gasteiger partial charge in [-0.1, -0.05) is 11.8 Å². The number of nitrogens with one attached hydrogen (secondary N) is 1. The number of halogens is 3. The molecule has 2 aromatic carbocycles. The van der Waals surface area contributed by atoms with E-state index < -0.39 is 27.9 Å². The number of carbonyl (C=O) groups is 1. The molecular weight excluding hydrogens is 409 g/mol. The van der Waals surface area contributed by atoms with Crippen LogP contribution in [0.25, 0.3) is 0 Å². The third-order valence-corrected chi connectivity index (χ3v) is 5.43. The fraction of sp³-hybridized carbons (Fsp3) is 0.211. The maximum atomic E-state index is 12.5. The molecule has 1 fully saturated rings. The standard InChI is InChI=1S/C19H15F3N2O4S/c20-19(21,22)15-5-9-17(10-6-15)29(26,27)23-11-1-2-14-3-7-16(8-4-14)24-12-13-28-18(24)25/h3-10,23H,11-13H2. The number of hydrogen-bond donors (Lipinski definition) is 1. The van der Waals surface area contributed by atoms with Crippen LogP contribution in [0.5, 0.6) is 0 Å². The van der Waals surface area contributed by atoms with Crippen molar-refractivity contribution in [2.75, 3.05) is 24.6 Å². The minimum absolute atomic E-state index is 0.219. The van der Waals surface area contributed by atoms with E-state index in [1.165, 1.54) is 4.90 Å². The lowest BCUT2D eigenvalue weighted by Crippen LogP contribution is -2.24. The lowest BCUT2D eigenvalue weighted by molar-refractivity contribution is -0.137. The van der Waals surface area contributed by atoms with Crippen molar-refractivity contribution < 1.29 is 31.1 Å². The first-order valence-corrected chi connectivity index (χ1v) is 9.85. The molecule has 1 heterocycles. The van der Waals surface area contributed by atoms with Crippen molar-refractivity contribution in [2.24, 2.45) is 0 Å². The Bertz CT molecular complexity index is 1050. The lowest BCUT2D eigenvalue weighted by atomic mass is 10.2. The van der Waals surface area contributed by atoms with E-state index in [0.717, 1.165) is 12.1 Å². The third kappa shape index (κ3) is 5.07. The Morgan fingerprint density at radius 3 is 2.28 bits per heavy atom.